The number of hydrogen-bond donors (Lipinski definition) is 4. The Morgan fingerprint density at radius 3 is 2.49 bits per heavy atom. The van der Waals surface area contributed by atoms with Crippen LogP contribution in [-0.2, 0) is 10.0 Å². The third-order valence-corrected chi connectivity index (χ3v) is 18.2. The largest absolute Gasteiger partial charge is 0.489 e. The van der Waals surface area contributed by atoms with Gasteiger partial charge < -0.3 is 34.5 Å². The van der Waals surface area contributed by atoms with Crippen LogP contribution in [-0.4, -0.2) is 121 Å². The van der Waals surface area contributed by atoms with Gasteiger partial charge in [-0.1, -0.05) is 44.5 Å². The highest BCUT2D eigenvalue weighted by Crippen LogP contribution is 2.50. The standard InChI is InChI=1S/C55H68N8O9S/c1-35(2)40-8-4-5-9-41(40)42-10-6-11-45(42)62-33-55(34-62)19-24-61(25-20-55)38-12-13-43(47(29-38)72-49-28-37-16-21-56-51(37)58-53(49)70-27-26-60-22-7-23-60)52(64)59-73(68,69)39-30-46(63(66)67)50-48(31-39)71-32-44(57-50)36-14-17-54(3,65)18-15-36/h4-5,8-9,12-13,16,21,28-31,35-36,42,44-45,57,65H,6-7,10-11,14-15,17-20,22-27,32-34H2,1-3H3,(H,56,58)(H,59,64)/t36-,42-,44+,45-,54-/m0/s1. The summed E-state index contributed by atoms with van der Waals surface area (Å²) in [5.41, 5.74) is 3.42. The molecule has 2 aromatic heterocycles. The summed E-state index contributed by atoms with van der Waals surface area (Å²) in [6, 6.07) is 20.3. The van der Waals surface area contributed by atoms with Crippen LogP contribution >= 0.6 is 0 Å². The molecule has 0 unspecified atom stereocenters. The molecule has 18 heteroatoms. The third-order valence-electron chi connectivity index (χ3n) is 16.9. The monoisotopic (exact) mass is 1020 g/mol. The van der Waals surface area contributed by atoms with Gasteiger partial charge in [0.1, 0.15) is 24.6 Å². The first-order valence-corrected chi connectivity index (χ1v) is 27.8. The second-order valence-electron chi connectivity index (χ2n) is 22.2. The van der Waals surface area contributed by atoms with Crippen LogP contribution in [0.4, 0.5) is 17.1 Å². The number of aliphatic hydroxyl groups is 1. The fourth-order valence-electron chi connectivity index (χ4n) is 12.5. The van der Waals surface area contributed by atoms with E-state index >= 15 is 0 Å². The van der Waals surface area contributed by atoms with Gasteiger partial charge in [0.15, 0.2) is 17.2 Å². The number of anilines is 2. The molecule has 73 heavy (non-hydrogen) atoms. The van der Waals surface area contributed by atoms with Crippen molar-refractivity contribution >= 4 is 44.0 Å². The molecule has 3 saturated heterocycles. The number of benzene rings is 3. The zero-order valence-electron chi connectivity index (χ0n) is 42.1. The van der Waals surface area contributed by atoms with E-state index in [9.17, 15) is 28.4 Å². The van der Waals surface area contributed by atoms with E-state index in [0.29, 0.717) is 62.4 Å². The third kappa shape index (κ3) is 10.1. The number of hydrogen-bond acceptors (Lipinski definition) is 14. The Hall–Kier alpha value is -5.95. The number of carbonyl (C=O) groups is 1. The average Bonchev–Trinajstić information content (AvgIpc) is 4.03. The highest BCUT2D eigenvalue weighted by Gasteiger charge is 2.49. The van der Waals surface area contributed by atoms with E-state index in [2.05, 4.69) is 67.8 Å². The summed E-state index contributed by atoms with van der Waals surface area (Å²) in [5.74, 6) is 0.727. The maximum Gasteiger partial charge on any atom is 0.297 e. The zero-order valence-corrected chi connectivity index (χ0v) is 42.9. The first-order valence-electron chi connectivity index (χ1n) is 26.4. The fourth-order valence-corrected chi connectivity index (χ4v) is 13.5. The van der Waals surface area contributed by atoms with Crippen LogP contribution in [0.1, 0.15) is 118 Å². The maximum atomic E-state index is 14.4. The first-order chi connectivity index (χ1) is 35.1. The number of aromatic nitrogens is 2. The molecule has 1 spiro atoms. The molecule has 0 bridgehead atoms. The lowest BCUT2D eigenvalue weighted by Gasteiger charge is -2.57. The number of amides is 1. The highest BCUT2D eigenvalue weighted by atomic mass is 32.2. The van der Waals surface area contributed by atoms with Crippen LogP contribution in [0.3, 0.4) is 0 Å². The van der Waals surface area contributed by atoms with Crippen LogP contribution in [0.2, 0.25) is 0 Å². The quantitative estimate of drug-likeness (QED) is 0.0571. The van der Waals surface area contributed by atoms with Crippen molar-refractivity contribution in [3.05, 3.63) is 99.7 Å². The number of H-pyrrole nitrogens is 1. The Morgan fingerprint density at radius 2 is 1.75 bits per heavy atom. The van der Waals surface area contributed by atoms with Gasteiger partial charge in [-0.3, -0.25) is 24.7 Å². The molecule has 17 nitrogen and oxygen atoms in total. The predicted octanol–water partition coefficient (Wildman–Crippen LogP) is 8.94. The van der Waals surface area contributed by atoms with Gasteiger partial charge in [0.25, 0.3) is 27.5 Å². The minimum atomic E-state index is -4.71. The number of sulfonamides is 1. The van der Waals surface area contributed by atoms with Crippen LogP contribution in [0.5, 0.6) is 23.1 Å². The van der Waals surface area contributed by atoms with Crippen molar-refractivity contribution in [3.8, 4) is 23.1 Å². The van der Waals surface area contributed by atoms with Gasteiger partial charge in [-0.05, 0) is 136 Å². The summed E-state index contributed by atoms with van der Waals surface area (Å²) in [6.07, 6.45) is 11.3. The second-order valence-corrected chi connectivity index (χ2v) is 23.9. The Morgan fingerprint density at radius 1 is 0.973 bits per heavy atom. The topological polar surface area (TPSA) is 205 Å². The van der Waals surface area contributed by atoms with Crippen LogP contribution in [0.25, 0.3) is 11.0 Å². The SMILES string of the molecule is CC(C)c1ccccc1[C@@H]1CCC[C@@H]1N1CC2(CCN(c3ccc(C(=O)NS(=O)(=O)c4cc5c(c([N+](=O)[O-])c4)N[C@@H]([C@H]4CC[C@](C)(O)CC4)CO5)c(Oc4cc5cc[nH]c5nc4OCCN4CCC4)c3)CC2)C1. The molecule has 5 fully saturated rings. The van der Waals surface area contributed by atoms with E-state index in [1.54, 1.807) is 24.4 Å². The Balaban J connectivity index is 0.837. The Labute approximate surface area is 427 Å². The molecule has 4 aliphatic heterocycles. The number of nitro groups is 1. The number of aromatic amines is 1. The highest BCUT2D eigenvalue weighted by molar-refractivity contribution is 7.90. The lowest BCUT2D eigenvalue weighted by molar-refractivity contribution is -0.384. The molecular weight excluding hydrogens is 949 g/mol. The number of rotatable bonds is 15. The van der Waals surface area contributed by atoms with Crippen LogP contribution < -0.4 is 29.1 Å². The summed E-state index contributed by atoms with van der Waals surface area (Å²) in [6.45, 7) is 13.4. The van der Waals surface area contributed by atoms with Crippen LogP contribution in [0, 0.1) is 21.4 Å². The van der Waals surface area contributed by atoms with Crippen molar-refractivity contribution in [2.45, 2.75) is 119 Å². The average molecular weight is 1020 g/mol. The number of nitrogens with zero attached hydrogens (tertiary/aromatic N) is 5. The maximum absolute atomic E-state index is 14.4. The summed E-state index contributed by atoms with van der Waals surface area (Å²) in [4.78, 5) is 41.0. The van der Waals surface area contributed by atoms with Gasteiger partial charge in [-0.15, -0.1) is 0 Å². The minimum Gasteiger partial charge on any atom is -0.489 e. The van der Waals surface area contributed by atoms with E-state index < -0.39 is 37.0 Å². The van der Waals surface area contributed by atoms with Crippen LogP contribution in [0.15, 0.2) is 77.8 Å². The first kappa shape index (κ1) is 49.3. The summed E-state index contributed by atoms with van der Waals surface area (Å²) in [7, 11) is -4.71. The molecule has 3 atom stereocenters. The van der Waals surface area contributed by atoms with Gasteiger partial charge in [-0.2, -0.15) is 4.98 Å². The predicted molar refractivity (Wildman–Crippen MR) is 279 cm³/mol. The lowest BCUT2D eigenvalue weighted by Crippen LogP contribution is -2.63. The molecule has 3 aromatic carbocycles. The number of nitrogens with one attached hydrogen (secondary N) is 3. The summed E-state index contributed by atoms with van der Waals surface area (Å²) in [5, 5.41) is 27.0. The van der Waals surface area contributed by atoms with Crippen molar-refractivity contribution in [3.63, 3.8) is 0 Å². The van der Waals surface area contributed by atoms with Crippen molar-refractivity contribution in [2.75, 3.05) is 69.2 Å². The van der Waals surface area contributed by atoms with E-state index in [1.165, 1.54) is 36.5 Å². The fraction of sp³-hybridized carbons (Fsp3) is 0.527. The van der Waals surface area contributed by atoms with E-state index in [4.69, 9.17) is 19.2 Å². The molecular formula is C55H68N8O9S. The molecule has 6 aliphatic rings. The normalized spacial score (nSPS) is 25.1. The number of nitro benzene ring substituents is 1. The van der Waals surface area contributed by atoms with E-state index in [1.807, 2.05) is 19.1 Å². The number of likely N-dealkylation sites (tertiary alicyclic amines) is 2. The van der Waals surface area contributed by atoms with Gasteiger partial charge >= 0.3 is 0 Å². The molecule has 0 radical (unpaired) electrons. The summed E-state index contributed by atoms with van der Waals surface area (Å²) < 4.78 is 49.5. The molecule has 1 amide bonds. The van der Waals surface area contributed by atoms with Gasteiger partial charge in [0.05, 0.1) is 27.0 Å². The van der Waals surface area contributed by atoms with Crippen molar-refractivity contribution in [1.29, 1.82) is 0 Å². The van der Waals surface area contributed by atoms with Gasteiger partial charge in [0.2, 0.25) is 0 Å². The molecule has 5 aromatic rings. The summed E-state index contributed by atoms with van der Waals surface area (Å²) >= 11 is 0. The number of fused-ring (bicyclic) bond motifs is 2. The smallest absolute Gasteiger partial charge is 0.297 e. The molecule has 388 valence electrons. The van der Waals surface area contributed by atoms with Gasteiger partial charge in [0, 0.05) is 74.2 Å². The van der Waals surface area contributed by atoms with Crippen molar-refractivity contribution < 1.29 is 37.5 Å². The Bertz CT molecular complexity index is 2990. The lowest BCUT2D eigenvalue weighted by atomic mass is 9.70. The number of carbonyl (C=O) groups excluding carboxylic acids is 1. The van der Waals surface area contributed by atoms with E-state index in [-0.39, 0.29) is 58.4 Å². The molecule has 2 saturated carbocycles. The van der Waals surface area contributed by atoms with Crippen molar-refractivity contribution in [2.24, 2.45) is 11.3 Å². The second kappa shape index (κ2) is 19.7. The number of ether oxygens (including phenoxy) is 3. The van der Waals surface area contributed by atoms with E-state index in [0.717, 1.165) is 75.7 Å². The Kier molecular flexibility index (Phi) is 13.3. The molecule has 4 N–H and O–H groups in total. The number of piperidine rings is 1. The molecule has 11 rings (SSSR count). The van der Waals surface area contributed by atoms with Gasteiger partial charge in [-0.25, -0.2) is 13.1 Å². The number of pyridine rings is 1. The zero-order chi connectivity index (χ0) is 50.6. The minimum absolute atomic E-state index is 0.00296. The molecule has 2 aliphatic carbocycles. The van der Waals surface area contributed by atoms with Crippen molar-refractivity contribution in [1.82, 2.24) is 24.5 Å². The molecule has 6 heterocycles.